The van der Waals surface area contributed by atoms with Crippen molar-refractivity contribution in [3.8, 4) is 11.3 Å². The predicted octanol–water partition coefficient (Wildman–Crippen LogP) is 6.30. The Morgan fingerprint density at radius 3 is 2.48 bits per heavy atom. The molecule has 8 heteroatoms. The third kappa shape index (κ3) is 5.30. The number of nitrogens with zero attached hydrogens (tertiary/aromatic N) is 4. The van der Waals surface area contributed by atoms with Gasteiger partial charge in [-0.2, -0.15) is 0 Å². The van der Waals surface area contributed by atoms with Gasteiger partial charge < -0.3 is 14.8 Å². The van der Waals surface area contributed by atoms with Gasteiger partial charge in [0.05, 0.1) is 5.69 Å². The molecule has 2 aromatic heterocycles. The van der Waals surface area contributed by atoms with Gasteiger partial charge >= 0.3 is 6.03 Å². The van der Waals surface area contributed by atoms with Crippen molar-refractivity contribution in [2.45, 2.75) is 26.7 Å². The van der Waals surface area contributed by atoms with Gasteiger partial charge in [0.2, 0.25) is 0 Å². The quantitative estimate of drug-likeness (QED) is 0.293. The van der Waals surface area contributed by atoms with Crippen LogP contribution in [0.25, 0.3) is 33.4 Å². The second-order valence-electron chi connectivity index (χ2n) is 10.5. The lowest BCUT2D eigenvalue weighted by atomic mass is 9.93. The number of allylic oxidation sites excluding steroid dienone is 1. The molecule has 0 radical (unpaired) electrons. The highest BCUT2D eigenvalue weighted by molar-refractivity contribution is 5.99. The lowest BCUT2D eigenvalue weighted by Gasteiger charge is -2.28. The van der Waals surface area contributed by atoms with E-state index in [1.807, 2.05) is 38.1 Å². The summed E-state index contributed by atoms with van der Waals surface area (Å²) in [6.07, 6.45) is 4.28. The van der Waals surface area contributed by atoms with Crippen molar-refractivity contribution in [1.29, 1.82) is 0 Å². The molecule has 7 nitrogen and oxygen atoms in total. The number of rotatable bonds is 6. The van der Waals surface area contributed by atoms with Crippen LogP contribution in [0.5, 0.6) is 0 Å². The van der Waals surface area contributed by atoms with Crippen molar-refractivity contribution in [3.63, 3.8) is 0 Å². The number of aromatic nitrogens is 3. The molecule has 1 N–H and O–H groups in total. The predicted molar refractivity (Wildman–Crippen MR) is 156 cm³/mol. The van der Waals surface area contributed by atoms with Crippen LogP contribution in [0.1, 0.15) is 46.1 Å². The summed E-state index contributed by atoms with van der Waals surface area (Å²) in [5, 5.41) is 0.770. The van der Waals surface area contributed by atoms with E-state index in [9.17, 15) is 14.0 Å². The molecule has 0 saturated carbocycles. The third-order valence-electron chi connectivity index (χ3n) is 7.42. The number of halogens is 1. The maximum absolute atomic E-state index is 14.9. The Kier molecular flexibility index (Phi) is 7.34. The second-order valence-corrected chi connectivity index (χ2v) is 10.5. The van der Waals surface area contributed by atoms with E-state index in [4.69, 9.17) is 0 Å². The molecular formula is C32H32FN5O2. The van der Waals surface area contributed by atoms with Crippen LogP contribution >= 0.6 is 0 Å². The van der Waals surface area contributed by atoms with Crippen LogP contribution < -0.4 is 0 Å². The molecule has 204 valence electrons. The number of fused-ring (bicyclic) bond motifs is 1. The molecule has 0 saturated heterocycles. The van der Waals surface area contributed by atoms with E-state index in [0.29, 0.717) is 47.5 Å². The Labute approximate surface area is 233 Å². The molecular weight excluding hydrogens is 505 g/mol. The fraction of sp³-hybridized carbons (Fsp3) is 0.250. The summed E-state index contributed by atoms with van der Waals surface area (Å²) in [6, 6.07) is 12.2. The highest BCUT2D eigenvalue weighted by Gasteiger charge is 2.22. The van der Waals surface area contributed by atoms with Gasteiger partial charge in [0, 0.05) is 55.8 Å². The molecule has 3 heterocycles. The Morgan fingerprint density at radius 2 is 1.82 bits per heavy atom. The zero-order valence-electron chi connectivity index (χ0n) is 23.2. The molecule has 0 aliphatic carbocycles. The SMILES string of the molecule is C=C(C)c1ccc(C(=O)Cc2cc(F)cc(-c3ncnc4[nH]c(C5=CCN(C(=O)N(C)C)CC5)cc34)c2C)cc1. The smallest absolute Gasteiger partial charge is 0.319 e. The van der Waals surface area contributed by atoms with Crippen molar-refractivity contribution in [3.05, 3.63) is 95.2 Å². The highest BCUT2D eigenvalue weighted by atomic mass is 19.1. The number of carbonyl (C=O) groups is 2. The first kappa shape index (κ1) is 27.0. The molecule has 0 fully saturated rings. The van der Waals surface area contributed by atoms with E-state index in [-0.39, 0.29) is 18.2 Å². The average molecular weight is 538 g/mol. The first-order valence-corrected chi connectivity index (χ1v) is 13.2. The van der Waals surface area contributed by atoms with Crippen LogP contribution in [-0.2, 0) is 6.42 Å². The Morgan fingerprint density at radius 1 is 1.10 bits per heavy atom. The Hall–Kier alpha value is -4.59. The van der Waals surface area contributed by atoms with Gasteiger partial charge in [-0.3, -0.25) is 4.79 Å². The van der Waals surface area contributed by atoms with Gasteiger partial charge in [-0.25, -0.2) is 19.2 Å². The zero-order chi connectivity index (χ0) is 28.6. The molecule has 4 aromatic rings. The van der Waals surface area contributed by atoms with E-state index in [1.54, 1.807) is 36.0 Å². The van der Waals surface area contributed by atoms with E-state index in [1.165, 1.54) is 18.5 Å². The molecule has 1 aliphatic heterocycles. The largest absolute Gasteiger partial charge is 0.339 e. The molecule has 0 bridgehead atoms. The van der Waals surface area contributed by atoms with Gasteiger partial charge in [-0.15, -0.1) is 0 Å². The lowest BCUT2D eigenvalue weighted by Crippen LogP contribution is -2.41. The molecule has 1 aliphatic rings. The number of urea groups is 1. The molecule has 40 heavy (non-hydrogen) atoms. The van der Waals surface area contributed by atoms with Crippen LogP contribution in [0, 0.1) is 12.7 Å². The summed E-state index contributed by atoms with van der Waals surface area (Å²) < 4.78 is 14.9. The number of aromatic amines is 1. The lowest BCUT2D eigenvalue weighted by molar-refractivity contribution is 0.0992. The summed E-state index contributed by atoms with van der Waals surface area (Å²) in [7, 11) is 3.49. The van der Waals surface area contributed by atoms with Crippen molar-refractivity contribution >= 4 is 34.0 Å². The van der Waals surface area contributed by atoms with E-state index in [0.717, 1.165) is 33.4 Å². The normalized spacial score (nSPS) is 13.3. The molecule has 5 rings (SSSR count). The summed E-state index contributed by atoms with van der Waals surface area (Å²) >= 11 is 0. The number of benzene rings is 2. The van der Waals surface area contributed by atoms with E-state index < -0.39 is 5.82 Å². The number of nitrogens with one attached hydrogen (secondary N) is 1. The van der Waals surface area contributed by atoms with Gasteiger partial charge in [0.25, 0.3) is 0 Å². The highest BCUT2D eigenvalue weighted by Crippen LogP contribution is 2.33. The number of hydrogen-bond donors (Lipinski definition) is 1. The topological polar surface area (TPSA) is 82.2 Å². The number of ketones is 1. The van der Waals surface area contributed by atoms with Gasteiger partial charge in [0.15, 0.2) is 5.78 Å². The Bertz CT molecular complexity index is 1670. The summed E-state index contributed by atoms with van der Waals surface area (Å²) in [5.74, 6) is -0.514. The number of carbonyl (C=O) groups excluding carboxylic acids is 2. The summed E-state index contributed by atoms with van der Waals surface area (Å²) in [4.78, 5) is 41.1. The average Bonchev–Trinajstić information content (AvgIpc) is 3.39. The van der Waals surface area contributed by atoms with Crippen LogP contribution in [0.2, 0.25) is 0 Å². The van der Waals surface area contributed by atoms with Crippen LogP contribution in [-0.4, -0.2) is 63.8 Å². The van der Waals surface area contributed by atoms with Crippen LogP contribution in [0.4, 0.5) is 9.18 Å². The molecule has 0 spiro atoms. The van der Waals surface area contributed by atoms with Crippen LogP contribution in [0.3, 0.4) is 0 Å². The minimum atomic E-state index is -0.427. The monoisotopic (exact) mass is 537 g/mol. The number of Topliss-reactive ketones (excluding diaryl/α,β-unsaturated/α-hetero) is 1. The fourth-order valence-corrected chi connectivity index (χ4v) is 5.08. The van der Waals surface area contributed by atoms with E-state index in [2.05, 4.69) is 21.5 Å². The van der Waals surface area contributed by atoms with Crippen LogP contribution in [0.15, 0.2) is 61.4 Å². The van der Waals surface area contributed by atoms with Crippen molar-refractivity contribution in [2.24, 2.45) is 0 Å². The number of hydrogen-bond acceptors (Lipinski definition) is 4. The Balaban J connectivity index is 1.45. The molecule has 2 amide bonds. The first-order chi connectivity index (χ1) is 19.1. The minimum Gasteiger partial charge on any atom is -0.339 e. The molecule has 2 aromatic carbocycles. The summed E-state index contributed by atoms with van der Waals surface area (Å²) in [6.45, 7) is 8.89. The summed E-state index contributed by atoms with van der Waals surface area (Å²) in [5.41, 5.74) is 7.75. The van der Waals surface area contributed by atoms with Gasteiger partial charge in [0.1, 0.15) is 17.8 Å². The maximum Gasteiger partial charge on any atom is 0.319 e. The fourth-order valence-electron chi connectivity index (χ4n) is 5.08. The second kappa shape index (κ2) is 10.9. The van der Waals surface area contributed by atoms with Gasteiger partial charge in [-0.1, -0.05) is 42.5 Å². The van der Waals surface area contributed by atoms with Crippen molar-refractivity contribution < 1.29 is 14.0 Å². The standard InChI is InChI=1S/C32H32FN5O2/c1-19(2)21-6-8-23(9-7-21)29(39)15-24-14-25(33)16-26(20(24)3)30-27-17-28(36-31(27)35-18-34-30)22-10-12-38(13-11-22)32(40)37(4)5/h6-10,14,16-18H,1,11-13,15H2,2-5H3,(H,34,35,36). The molecule has 0 atom stereocenters. The first-order valence-electron chi connectivity index (χ1n) is 13.2. The third-order valence-corrected chi connectivity index (χ3v) is 7.42. The van der Waals surface area contributed by atoms with E-state index >= 15 is 0 Å². The van der Waals surface area contributed by atoms with Gasteiger partial charge in [-0.05, 0) is 60.7 Å². The maximum atomic E-state index is 14.9. The zero-order valence-corrected chi connectivity index (χ0v) is 23.2. The minimum absolute atomic E-state index is 0.0140. The van der Waals surface area contributed by atoms with Crippen molar-refractivity contribution in [2.75, 3.05) is 27.2 Å². The van der Waals surface area contributed by atoms with Crippen molar-refractivity contribution in [1.82, 2.24) is 24.8 Å². The number of amides is 2. The number of H-pyrrole nitrogens is 1. The molecule has 0 unspecified atom stereocenters.